The van der Waals surface area contributed by atoms with Gasteiger partial charge in [0.05, 0.1) is 18.3 Å². The Kier molecular flexibility index (Phi) is 4.88. The van der Waals surface area contributed by atoms with Crippen LogP contribution in [0.25, 0.3) is 0 Å². The number of carbonyl (C=O) groups excluding carboxylic acids is 1. The Morgan fingerprint density at radius 2 is 2.35 bits per heavy atom. The number of anilines is 2. The Balaban J connectivity index is 1.76. The van der Waals surface area contributed by atoms with Crippen molar-refractivity contribution in [3.05, 3.63) is 35.5 Å². The molecule has 1 aliphatic rings. The van der Waals surface area contributed by atoms with Crippen LogP contribution in [-0.4, -0.2) is 52.9 Å². The van der Waals surface area contributed by atoms with Gasteiger partial charge < -0.3 is 15.1 Å². The molecule has 1 fully saturated rings. The van der Waals surface area contributed by atoms with Crippen LogP contribution in [0.1, 0.15) is 24.6 Å². The monoisotopic (exact) mass is 331 g/mol. The number of nitrogens with zero attached hydrogens (tertiary/aromatic N) is 4. The molecule has 23 heavy (non-hydrogen) atoms. The van der Waals surface area contributed by atoms with E-state index in [0.717, 1.165) is 36.0 Å². The van der Waals surface area contributed by atoms with E-state index >= 15 is 0 Å². The first kappa shape index (κ1) is 15.9. The van der Waals surface area contributed by atoms with Gasteiger partial charge in [-0.25, -0.2) is 9.97 Å². The van der Waals surface area contributed by atoms with Crippen LogP contribution < -0.4 is 5.32 Å². The minimum Gasteiger partial charge on any atom is -0.333 e. The van der Waals surface area contributed by atoms with E-state index in [2.05, 4.69) is 15.3 Å². The maximum atomic E-state index is 12.4. The lowest BCUT2D eigenvalue weighted by molar-refractivity contribution is -0.132. The number of carbonyl (C=O) groups is 1. The molecule has 7 heteroatoms. The first-order valence-electron chi connectivity index (χ1n) is 7.71. The van der Waals surface area contributed by atoms with Crippen LogP contribution in [0.4, 0.5) is 10.9 Å². The fourth-order valence-electron chi connectivity index (χ4n) is 2.84. The summed E-state index contributed by atoms with van der Waals surface area (Å²) in [6.45, 7) is 1.25. The van der Waals surface area contributed by atoms with E-state index in [-0.39, 0.29) is 11.9 Å². The van der Waals surface area contributed by atoms with Crippen LogP contribution in [0, 0.1) is 0 Å². The predicted octanol–water partition coefficient (Wildman–Crippen LogP) is 2.51. The topological polar surface area (TPSA) is 61.4 Å². The van der Waals surface area contributed by atoms with Crippen LogP contribution in [0.3, 0.4) is 0 Å². The second kappa shape index (κ2) is 7.06. The highest BCUT2D eigenvalue weighted by molar-refractivity contribution is 7.13. The second-order valence-corrected chi connectivity index (χ2v) is 6.79. The standard InChI is InChI=1S/C16H21N5OS/c1-20(2)11-15(22)21-9-4-6-13(21)12-5-3-7-14(18-12)19-16-17-8-10-23-16/h3,5,7-8,10,13H,4,6,9,11H2,1-2H3,(H,17,18,19)/t13-/m1/s1. The molecule has 1 atom stereocenters. The Labute approximate surface area is 140 Å². The number of hydrogen-bond acceptors (Lipinski definition) is 6. The van der Waals surface area contributed by atoms with Gasteiger partial charge in [0.1, 0.15) is 5.82 Å². The SMILES string of the molecule is CN(C)CC(=O)N1CCC[C@@H]1c1cccc(Nc2nccs2)n1. The molecule has 2 aromatic rings. The Hall–Kier alpha value is -1.99. The maximum Gasteiger partial charge on any atom is 0.237 e. The van der Waals surface area contributed by atoms with E-state index in [4.69, 9.17) is 0 Å². The van der Waals surface area contributed by atoms with Crippen molar-refractivity contribution in [3.63, 3.8) is 0 Å². The minimum absolute atomic E-state index is 0.0699. The van der Waals surface area contributed by atoms with Gasteiger partial charge in [-0.2, -0.15) is 0 Å². The van der Waals surface area contributed by atoms with Crippen molar-refractivity contribution in [3.8, 4) is 0 Å². The molecule has 3 rings (SSSR count). The smallest absolute Gasteiger partial charge is 0.237 e. The highest BCUT2D eigenvalue weighted by Gasteiger charge is 2.30. The molecule has 0 saturated carbocycles. The molecule has 2 aromatic heterocycles. The van der Waals surface area contributed by atoms with Crippen molar-refractivity contribution >= 4 is 28.2 Å². The predicted molar refractivity (Wildman–Crippen MR) is 91.9 cm³/mol. The van der Waals surface area contributed by atoms with Crippen molar-refractivity contribution in [2.75, 3.05) is 32.5 Å². The number of amides is 1. The third-order valence-electron chi connectivity index (χ3n) is 3.80. The number of likely N-dealkylation sites (tertiary alicyclic amines) is 1. The summed E-state index contributed by atoms with van der Waals surface area (Å²) < 4.78 is 0. The highest BCUT2D eigenvalue weighted by Crippen LogP contribution is 2.31. The van der Waals surface area contributed by atoms with E-state index in [9.17, 15) is 4.79 Å². The summed E-state index contributed by atoms with van der Waals surface area (Å²) in [5.41, 5.74) is 0.941. The normalized spacial score (nSPS) is 17.7. The van der Waals surface area contributed by atoms with Gasteiger partial charge in [-0.15, -0.1) is 11.3 Å². The number of nitrogens with one attached hydrogen (secondary N) is 1. The van der Waals surface area contributed by atoms with Gasteiger partial charge in [0.15, 0.2) is 5.13 Å². The number of thiazole rings is 1. The quantitative estimate of drug-likeness (QED) is 0.912. The van der Waals surface area contributed by atoms with E-state index < -0.39 is 0 Å². The van der Waals surface area contributed by atoms with Gasteiger partial charge in [-0.1, -0.05) is 6.07 Å². The summed E-state index contributed by atoms with van der Waals surface area (Å²) in [6, 6.07) is 5.97. The molecule has 1 amide bonds. The van der Waals surface area contributed by atoms with Gasteiger partial charge in [0, 0.05) is 18.1 Å². The zero-order chi connectivity index (χ0) is 16.2. The molecule has 3 heterocycles. The van der Waals surface area contributed by atoms with Gasteiger partial charge in [-0.3, -0.25) is 4.79 Å². The van der Waals surface area contributed by atoms with E-state index in [1.807, 2.05) is 47.5 Å². The fourth-order valence-corrected chi connectivity index (χ4v) is 3.37. The lowest BCUT2D eigenvalue weighted by atomic mass is 10.1. The first-order valence-corrected chi connectivity index (χ1v) is 8.59. The lowest BCUT2D eigenvalue weighted by Crippen LogP contribution is -2.37. The summed E-state index contributed by atoms with van der Waals surface area (Å²) in [5.74, 6) is 0.932. The van der Waals surface area contributed by atoms with Crippen molar-refractivity contribution < 1.29 is 4.79 Å². The van der Waals surface area contributed by atoms with E-state index in [1.54, 1.807) is 6.20 Å². The molecule has 0 radical (unpaired) electrons. The van der Waals surface area contributed by atoms with Crippen LogP contribution in [0.2, 0.25) is 0 Å². The maximum absolute atomic E-state index is 12.4. The average molecular weight is 331 g/mol. The van der Waals surface area contributed by atoms with E-state index in [0.29, 0.717) is 6.54 Å². The number of likely N-dealkylation sites (N-methyl/N-ethyl adjacent to an activating group) is 1. The summed E-state index contributed by atoms with van der Waals surface area (Å²) >= 11 is 1.54. The van der Waals surface area contributed by atoms with Crippen molar-refractivity contribution in [2.24, 2.45) is 0 Å². The molecular weight excluding hydrogens is 310 g/mol. The second-order valence-electron chi connectivity index (χ2n) is 5.89. The average Bonchev–Trinajstić information content (AvgIpc) is 3.17. The molecule has 0 unspecified atom stereocenters. The van der Waals surface area contributed by atoms with Gasteiger partial charge in [-0.05, 0) is 39.1 Å². The lowest BCUT2D eigenvalue weighted by Gasteiger charge is -2.26. The number of rotatable bonds is 5. The van der Waals surface area contributed by atoms with Crippen LogP contribution in [0.15, 0.2) is 29.8 Å². The molecule has 122 valence electrons. The van der Waals surface area contributed by atoms with Crippen molar-refractivity contribution in [1.29, 1.82) is 0 Å². The van der Waals surface area contributed by atoms with Crippen LogP contribution in [-0.2, 0) is 4.79 Å². The summed E-state index contributed by atoms with van der Waals surface area (Å²) in [6.07, 6.45) is 3.75. The molecular formula is C16H21N5OS. The minimum atomic E-state index is 0.0699. The zero-order valence-electron chi connectivity index (χ0n) is 13.4. The van der Waals surface area contributed by atoms with Crippen molar-refractivity contribution in [2.45, 2.75) is 18.9 Å². The van der Waals surface area contributed by atoms with Crippen LogP contribution in [0.5, 0.6) is 0 Å². The first-order chi connectivity index (χ1) is 11.1. The van der Waals surface area contributed by atoms with Crippen molar-refractivity contribution in [1.82, 2.24) is 19.8 Å². The number of pyridine rings is 1. The molecule has 0 aromatic carbocycles. The molecule has 6 nitrogen and oxygen atoms in total. The van der Waals surface area contributed by atoms with Gasteiger partial charge >= 0.3 is 0 Å². The van der Waals surface area contributed by atoms with E-state index in [1.165, 1.54) is 11.3 Å². The summed E-state index contributed by atoms with van der Waals surface area (Å²) in [7, 11) is 3.83. The molecule has 0 bridgehead atoms. The summed E-state index contributed by atoms with van der Waals surface area (Å²) in [5, 5.41) is 5.95. The number of aromatic nitrogens is 2. The molecule has 1 aliphatic heterocycles. The number of hydrogen-bond donors (Lipinski definition) is 1. The molecule has 1 N–H and O–H groups in total. The largest absolute Gasteiger partial charge is 0.333 e. The highest BCUT2D eigenvalue weighted by atomic mass is 32.1. The van der Waals surface area contributed by atoms with Crippen LogP contribution >= 0.6 is 11.3 Å². The summed E-state index contributed by atoms with van der Waals surface area (Å²) in [4.78, 5) is 25.2. The fraction of sp³-hybridized carbons (Fsp3) is 0.438. The molecule has 0 aliphatic carbocycles. The van der Waals surface area contributed by atoms with Gasteiger partial charge in [0.25, 0.3) is 0 Å². The molecule has 0 spiro atoms. The third-order valence-corrected chi connectivity index (χ3v) is 4.49. The third kappa shape index (κ3) is 3.86. The molecule has 1 saturated heterocycles. The van der Waals surface area contributed by atoms with Gasteiger partial charge in [0.2, 0.25) is 5.91 Å². The Morgan fingerprint density at radius 1 is 1.48 bits per heavy atom. The zero-order valence-corrected chi connectivity index (χ0v) is 14.2. The Morgan fingerprint density at radius 3 is 3.09 bits per heavy atom. The Bertz CT molecular complexity index is 658.